The number of hydrogen-bond donors (Lipinski definition) is 19. The number of rotatable bonds is 46. The molecule has 0 aromatic carbocycles. The Bertz CT molecular complexity index is 1850. The summed E-state index contributed by atoms with van der Waals surface area (Å²) >= 11 is 0. The molecular weight excluding hydrogens is 1000 g/mol. The maximum atomic E-state index is 14.4. The van der Waals surface area contributed by atoms with Gasteiger partial charge in [-0.1, -0.05) is 6.42 Å². The minimum absolute atomic E-state index is 0.0206. The highest BCUT2D eigenvalue weighted by Crippen LogP contribution is 2.12. The zero-order valence-corrected chi connectivity index (χ0v) is 44.8. The van der Waals surface area contributed by atoms with Crippen molar-refractivity contribution in [2.45, 2.75) is 183 Å². The SMILES string of the molecule is NCCCC[C@H](NC(=O)[C@H](CCCCN)NC(=O)[C@H](CCC(N)=O)NC(=O)[C@H](CCCCN)NC(=O)[C@H](CCCN=C(N)N)NC(=O)[C@H](CCCN=C(N)N)NC(=O)[C@H](CCCCN)NC(=O)[C@@H](N)CCCCN)C(=O)O. The quantitative estimate of drug-likeness (QED) is 0.0153. The molecule has 442 valence electrons. The first kappa shape index (κ1) is 70.5. The first-order chi connectivity index (χ1) is 36.6. The number of carboxylic acids is 1. The Morgan fingerprint density at radius 1 is 0.338 bits per heavy atom. The van der Waals surface area contributed by atoms with Crippen LogP contribution < -0.4 is 100 Å². The summed E-state index contributed by atoms with van der Waals surface area (Å²) in [6.07, 6.45) is 4.51. The minimum Gasteiger partial charge on any atom is -0.480 e. The maximum absolute atomic E-state index is 14.4. The van der Waals surface area contributed by atoms with Crippen LogP contribution in [0, 0.1) is 0 Å². The van der Waals surface area contributed by atoms with E-state index in [1.54, 1.807) is 0 Å². The van der Waals surface area contributed by atoms with Crippen molar-refractivity contribution in [3.05, 3.63) is 0 Å². The number of carboxylic acid groups (broad SMARTS) is 1. The highest BCUT2D eigenvalue weighted by atomic mass is 16.4. The molecule has 0 saturated carbocycles. The van der Waals surface area contributed by atoms with Crippen molar-refractivity contribution in [3.8, 4) is 0 Å². The van der Waals surface area contributed by atoms with E-state index in [0.29, 0.717) is 90.3 Å². The number of carbonyl (C=O) groups is 9. The van der Waals surface area contributed by atoms with E-state index in [0.717, 1.165) is 0 Å². The second-order valence-corrected chi connectivity index (χ2v) is 18.7. The molecule has 30 nitrogen and oxygen atoms in total. The highest BCUT2D eigenvalue weighted by molar-refractivity contribution is 5.97. The monoisotopic (exact) mass is 1100 g/mol. The number of nitrogens with two attached hydrogens (primary N) is 11. The summed E-state index contributed by atoms with van der Waals surface area (Å²) in [7, 11) is 0. The minimum atomic E-state index is -1.51. The lowest BCUT2D eigenvalue weighted by atomic mass is 10.0. The number of carbonyl (C=O) groups excluding carboxylic acids is 8. The van der Waals surface area contributed by atoms with Crippen LogP contribution in [-0.4, -0.2) is 164 Å². The molecule has 0 spiro atoms. The zero-order valence-electron chi connectivity index (χ0n) is 44.8. The molecule has 77 heavy (non-hydrogen) atoms. The third kappa shape index (κ3) is 33.3. The Kier molecular flexibility index (Phi) is 39.0. The average molecular weight is 1100 g/mol. The number of nitrogens with one attached hydrogen (secondary N) is 7. The fourth-order valence-corrected chi connectivity index (χ4v) is 7.69. The van der Waals surface area contributed by atoms with Gasteiger partial charge in [0.1, 0.15) is 42.3 Å². The summed E-state index contributed by atoms with van der Waals surface area (Å²) < 4.78 is 0. The van der Waals surface area contributed by atoms with E-state index in [-0.39, 0.29) is 95.9 Å². The molecule has 0 bridgehead atoms. The van der Waals surface area contributed by atoms with E-state index < -0.39 is 108 Å². The molecule has 0 heterocycles. The van der Waals surface area contributed by atoms with Crippen LogP contribution in [-0.2, 0) is 43.2 Å². The molecule has 0 fully saturated rings. The molecule has 8 amide bonds. The van der Waals surface area contributed by atoms with Crippen LogP contribution in [0.5, 0.6) is 0 Å². The van der Waals surface area contributed by atoms with E-state index in [1.807, 2.05) is 0 Å². The summed E-state index contributed by atoms with van der Waals surface area (Å²) in [6.45, 7) is 1.59. The van der Waals surface area contributed by atoms with E-state index >= 15 is 0 Å². The number of hydrogen-bond acceptors (Lipinski definition) is 17. The van der Waals surface area contributed by atoms with Gasteiger partial charge in [0.25, 0.3) is 0 Å². The summed E-state index contributed by atoms with van der Waals surface area (Å²) in [5.41, 5.74) is 62.0. The van der Waals surface area contributed by atoms with Crippen LogP contribution >= 0.6 is 0 Å². The predicted octanol–water partition coefficient (Wildman–Crippen LogP) is -6.19. The topological polar surface area (TPSA) is 569 Å². The van der Waals surface area contributed by atoms with Gasteiger partial charge in [-0.25, -0.2) is 4.79 Å². The van der Waals surface area contributed by atoms with Gasteiger partial charge in [-0.05, 0) is 155 Å². The molecule has 0 aromatic rings. The standard InChI is InChI=1S/C47H94N20O10/c48-22-6-1-13-29(53)38(69)61-30(14-2-7-23-49)39(70)64-34(19-12-28-60-47(57)58)42(73)65-33(18-11-27-59-46(55)56)41(72)62-31(15-3-8-24-50)40(71)66-35(20-21-37(54)68)44(75)63-32(16-4-9-25-51)43(74)67-36(45(76)77)17-5-10-26-52/h29-36H,1-28,48-53H2,(H2,54,68)(H,61,69)(H,62,72)(H,63,75)(H,64,70)(H,65,73)(H,66,71)(H,67,74)(H,76,77)(H4,55,56,59)(H4,57,58,60)/t29-,30-,31-,32-,33-,34-,35-,36-/m0/s1. The van der Waals surface area contributed by atoms with Crippen molar-refractivity contribution in [2.75, 3.05) is 45.8 Å². The predicted molar refractivity (Wildman–Crippen MR) is 292 cm³/mol. The second-order valence-electron chi connectivity index (χ2n) is 18.7. The van der Waals surface area contributed by atoms with Gasteiger partial charge in [-0.3, -0.25) is 48.3 Å². The van der Waals surface area contributed by atoms with E-state index in [1.165, 1.54) is 0 Å². The molecule has 0 radical (unpaired) electrons. The van der Waals surface area contributed by atoms with Crippen LogP contribution in [0.1, 0.15) is 135 Å². The second kappa shape index (κ2) is 42.6. The molecule has 0 aromatic heterocycles. The van der Waals surface area contributed by atoms with Gasteiger partial charge in [0.2, 0.25) is 47.3 Å². The van der Waals surface area contributed by atoms with Crippen LogP contribution in [0.25, 0.3) is 0 Å². The first-order valence-electron chi connectivity index (χ1n) is 26.7. The van der Waals surface area contributed by atoms with Crippen molar-refractivity contribution in [2.24, 2.45) is 73.1 Å². The molecular formula is C47H94N20O10. The summed E-state index contributed by atoms with van der Waals surface area (Å²) in [4.78, 5) is 130. The summed E-state index contributed by atoms with van der Waals surface area (Å²) in [5, 5.41) is 28.2. The van der Waals surface area contributed by atoms with Gasteiger partial charge in [0, 0.05) is 19.5 Å². The Morgan fingerprint density at radius 3 is 0.857 bits per heavy atom. The van der Waals surface area contributed by atoms with Crippen molar-refractivity contribution in [1.29, 1.82) is 0 Å². The van der Waals surface area contributed by atoms with Crippen molar-refractivity contribution >= 4 is 65.1 Å². The molecule has 0 rings (SSSR count). The third-order valence-corrected chi connectivity index (χ3v) is 12.1. The zero-order chi connectivity index (χ0) is 58.1. The number of unbranched alkanes of at least 4 members (excludes halogenated alkanes) is 5. The van der Waals surface area contributed by atoms with Crippen LogP contribution in [0.15, 0.2) is 9.98 Å². The van der Waals surface area contributed by atoms with Gasteiger partial charge < -0.3 is 105 Å². The van der Waals surface area contributed by atoms with E-state index in [9.17, 15) is 48.3 Å². The number of amides is 8. The number of guanidine groups is 2. The van der Waals surface area contributed by atoms with Gasteiger partial charge in [-0.2, -0.15) is 0 Å². The fraction of sp³-hybridized carbons (Fsp3) is 0.766. The molecule has 0 unspecified atom stereocenters. The number of aliphatic carboxylic acids is 1. The Labute approximate surface area is 451 Å². The molecule has 30 N–H and O–H groups in total. The normalized spacial score (nSPS) is 14.1. The van der Waals surface area contributed by atoms with Gasteiger partial charge >= 0.3 is 5.97 Å². The van der Waals surface area contributed by atoms with Gasteiger partial charge in [0.15, 0.2) is 11.9 Å². The Morgan fingerprint density at radius 2 is 0.584 bits per heavy atom. The highest BCUT2D eigenvalue weighted by Gasteiger charge is 2.34. The fourth-order valence-electron chi connectivity index (χ4n) is 7.69. The van der Waals surface area contributed by atoms with Crippen LogP contribution in [0.4, 0.5) is 0 Å². The largest absolute Gasteiger partial charge is 0.480 e. The summed E-state index contributed by atoms with van der Waals surface area (Å²) in [5.74, 6) is -8.21. The molecule has 8 atom stereocenters. The number of nitrogens with zero attached hydrogens (tertiary/aromatic N) is 2. The number of primary amides is 1. The van der Waals surface area contributed by atoms with E-state index in [2.05, 4.69) is 47.2 Å². The van der Waals surface area contributed by atoms with Crippen molar-refractivity contribution in [1.82, 2.24) is 37.2 Å². The maximum Gasteiger partial charge on any atom is 0.326 e. The van der Waals surface area contributed by atoms with E-state index in [4.69, 9.17) is 63.1 Å². The van der Waals surface area contributed by atoms with Gasteiger partial charge in [0.05, 0.1) is 6.04 Å². The van der Waals surface area contributed by atoms with Gasteiger partial charge in [-0.15, -0.1) is 0 Å². The molecule has 0 saturated heterocycles. The smallest absolute Gasteiger partial charge is 0.326 e. The Balaban J connectivity index is 7.04. The lowest BCUT2D eigenvalue weighted by Gasteiger charge is -2.28. The lowest BCUT2D eigenvalue weighted by Crippen LogP contribution is -2.60. The number of aliphatic imine (C=N–C) groups is 2. The van der Waals surface area contributed by atoms with Crippen molar-refractivity contribution < 1.29 is 48.3 Å². The lowest BCUT2D eigenvalue weighted by molar-refractivity contribution is -0.142. The molecule has 0 aliphatic carbocycles. The first-order valence-corrected chi connectivity index (χ1v) is 26.7. The molecule has 30 heteroatoms. The molecule has 0 aliphatic rings. The summed E-state index contributed by atoms with van der Waals surface area (Å²) in [6, 6.07) is -10.3. The van der Waals surface area contributed by atoms with Crippen LogP contribution in [0.2, 0.25) is 0 Å². The third-order valence-electron chi connectivity index (χ3n) is 12.1. The average Bonchev–Trinajstić information content (AvgIpc) is 3.37. The Hall–Kier alpha value is -6.47. The van der Waals surface area contributed by atoms with Crippen molar-refractivity contribution in [3.63, 3.8) is 0 Å². The van der Waals surface area contributed by atoms with Crippen LogP contribution in [0.3, 0.4) is 0 Å². The molecule has 0 aliphatic heterocycles.